The van der Waals surface area contributed by atoms with Crippen LogP contribution in [0.15, 0.2) is 84.9 Å². The van der Waals surface area contributed by atoms with Crippen LogP contribution in [0.1, 0.15) is 25.3 Å². The lowest BCUT2D eigenvalue weighted by atomic mass is 10.0. The van der Waals surface area contributed by atoms with Gasteiger partial charge in [0.05, 0.1) is 0 Å². The van der Waals surface area contributed by atoms with Crippen molar-refractivity contribution in [3.05, 3.63) is 90.5 Å². The van der Waals surface area contributed by atoms with Gasteiger partial charge < -0.3 is 4.52 Å². The van der Waals surface area contributed by atoms with E-state index in [4.69, 9.17) is 9.79 Å². The second-order valence-electron chi connectivity index (χ2n) is 6.04. The summed E-state index contributed by atoms with van der Waals surface area (Å²) in [5, 5.41) is 0. The summed E-state index contributed by atoms with van der Waals surface area (Å²) in [4.78, 5) is 17.1. The molecule has 3 aromatic carbocycles. The van der Waals surface area contributed by atoms with Crippen molar-refractivity contribution in [2.24, 2.45) is 0 Å². The summed E-state index contributed by atoms with van der Waals surface area (Å²) in [6.07, 6.45) is 0. The quantitative estimate of drug-likeness (QED) is 0.584. The molecule has 0 unspecified atom stereocenters. The van der Waals surface area contributed by atoms with Crippen molar-refractivity contribution < 1.29 is 18.9 Å². The number of rotatable bonds is 4. The minimum absolute atomic E-state index is 0.183. The fourth-order valence-electron chi connectivity index (χ4n) is 2.31. The van der Waals surface area contributed by atoms with E-state index in [2.05, 4.69) is 53.1 Å². The Morgan fingerprint density at radius 2 is 1.15 bits per heavy atom. The fourth-order valence-corrected chi connectivity index (χ4v) is 2.71. The topological polar surface area (TPSA) is 66.8 Å². The Morgan fingerprint density at radius 1 is 0.731 bits per heavy atom. The molecule has 0 aliphatic heterocycles. The largest absolute Gasteiger partial charge is 0.524 e. The molecule has 0 aliphatic carbocycles. The molecule has 0 saturated carbocycles. The van der Waals surface area contributed by atoms with E-state index in [0.29, 0.717) is 5.92 Å². The van der Waals surface area contributed by atoms with Crippen molar-refractivity contribution in [1.29, 1.82) is 0 Å². The summed E-state index contributed by atoms with van der Waals surface area (Å²) < 4.78 is 14.9. The summed E-state index contributed by atoms with van der Waals surface area (Å²) >= 11 is 0. The van der Waals surface area contributed by atoms with Gasteiger partial charge in [-0.05, 0) is 34.7 Å². The Kier molecular flexibility index (Phi) is 7.16. The maximum absolute atomic E-state index is 10.5. The Labute approximate surface area is 154 Å². The van der Waals surface area contributed by atoms with Gasteiger partial charge in [-0.1, -0.05) is 86.6 Å². The summed E-state index contributed by atoms with van der Waals surface area (Å²) in [5.41, 5.74) is 3.65. The maximum Gasteiger partial charge on any atom is 0.524 e. The van der Waals surface area contributed by atoms with E-state index in [1.807, 2.05) is 26.0 Å². The van der Waals surface area contributed by atoms with Crippen molar-refractivity contribution in [3.8, 4) is 16.9 Å². The third-order valence-corrected chi connectivity index (χ3v) is 4.10. The smallest absolute Gasteiger partial charge is 0.404 e. The van der Waals surface area contributed by atoms with Gasteiger partial charge in [0.15, 0.2) is 0 Å². The van der Waals surface area contributed by atoms with E-state index in [1.54, 1.807) is 24.3 Å². The molecule has 0 aliphatic rings. The Hall–Kier alpha value is -2.39. The van der Waals surface area contributed by atoms with Gasteiger partial charge >= 0.3 is 7.82 Å². The fraction of sp³-hybridized carbons (Fsp3) is 0.143. The molecule has 0 saturated heterocycles. The lowest BCUT2D eigenvalue weighted by Crippen LogP contribution is -1.91. The Balaban J connectivity index is 0.000000189. The van der Waals surface area contributed by atoms with Crippen molar-refractivity contribution in [2.45, 2.75) is 19.8 Å². The molecule has 0 atom stereocenters. The zero-order valence-electron chi connectivity index (χ0n) is 14.8. The van der Waals surface area contributed by atoms with Crippen molar-refractivity contribution in [3.63, 3.8) is 0 Å². The summed E-state index contributed by atoms with van der Waals surface area (Å²) in [6, 6.07) is 27.5. The molecule has 0 aromatic heterocycles. The van der Waals surface area contributed by atoms with E-state index in [1.165, 1.54) is 11.1 Å². The highest BCUT2D eigenvalue weighted by atomic mass is 31.2. The number of phosphoric ester groups is 1. The van der Waals surface area contributed by atoms with Crippen LogP contribution in [0, 0.1) is 0 Å². The van der Waals surface area contributed by atoms with E-state index in [-0.39, 0.29) is 5.75 Å². The van der Waals surface area contributed by atoms with Gasteiger partial charge in [-0.25, -0.2) is 4.57 Å². The first-order valence-electron chi connectivity index (χ1n) is 8.31. The normalized spacial score (nSPS) is 10.8. The third-order valence-electron chi connectivity index (χ3n) is 3.65. The molecule has 2 N–H and O–H groups in total. The van der Waals surface area contributed by atoms with Crippen LogP contribution in [0.5, 0.6) is 5.75 Å². The van der Waals surface area contributed by atoms with Crippen LogP contribution >= 0.6 is 7.82 Å². The predicted molar refractivity (Wildman–Crippen MR) is 105 cm³/mol. The van der Waals surface area contributed by atoms with Gasteiger partial charge in [0.1, 0.15) is 5.75 Å². The summed E-state index contributed by atoms with van der Waals surface area (Å²) in [7, 11) is -4.43. The number of hydrogen-bond donors (Lipinski definition) is 2. The SMILES string of the molecule is CC(C)c1ccc(OP(=O)(O)O)cc1.c1ccc(-c2ccccc2)cc1. The molecule has 0 amide bonds. The molecule has 26 heavy (non-hydrogen) atoms. The molecule has 136 valence electrons. The van der Waals surface area contributed by atoms with Crippen LogP contribution in [-0.2, 0) is 4.57 Å². The van der Waals surface area contributed by atoms with Crippen LogP contribution in [0.2, 0.25) is 0 Å². The maximum atomic E-state index is 10.5. The van der Waals surface area contributed by atoms with Crippen molar-refractivity contribution in [1.82, 2.24) is 0 Å². The van der Waals surface area contributed by atoms with Gasteiger partial charge in [-0.3, -0.25) is 9.79 Å². The lowest BCUT2D eigenvalue weighted by Gasteiger charge is -2.08. The van der Waals surface area contributed by atoms with E-state index < -0.39 is 7.82 Å². The molecule has 3 aromatic rings. The molecule has 4 nitrogen and oxygen atoms in total. The molecular formula is C21H23O4P. The standard InChI is InChI=1S/C12H10.C9H13O4P/c1-3-7-11(8-4-1)12-9-5-2-6-10-12;1-7(2)8-3-5-9(6-4-8)13-14(10,11)12/h1-10H;3-7H,1-2H3,(H2,10,11,12). The number of phosphoric acid groups is 1. The van der Waals surface area contributed by atoms with E-state index in [0.717, 1.165) is 5.56 Å². The molecular weight excluding hydrogens is 347 g/mol. The lowest BCUT2D eigenvalue weighted by molar-refractivity contribution is 0.283. The number of hydrogen-bond acceptors (Lipinski definition) is 2. The highest BCUT2D eigenvalue weighted by molar-refractivity contribution is 7.46. The van der Waals surface area contributed by atoms with Crippen LogP contribution < -0.4 is 4.52 Å². The van der Waals surface area contributed by atoms with Crippen LogP contribution in [0.25, 0.3) is 11.1 Å². The highest BCUT2D eigenvalue weighted by Crippen LogP contribution is 2.37. The first kappa shape index (κ1) is 19.9. The van der Waals surface area contributed by atoms with Crippen LogP contribution in [0.3, 0.4) is 0 Å². The zero-order valence-corrected chi connectivity index (χ0v) is 15.7. The summed E-state index contributed by atoms with van der Waals surface area (Å²) in [6.45, 7) is 4.08. The zero-order chi connectivity index (χ0) is 19.0. The molecule has 0 spiro atoms. The molecule has 5 heteroatoms. The van der Waals surface area contributed by atoms with Crippen LogP contribution in [-0.4, -0.2) is 9.79 Å². The predicted octanol–water partition coefficient (Wildman–Crippen LogP) is 5.64. The van der Waals surface area contributed by atoms with Gasteiger partial charge in [0.25, 0.3) is 0 Å². The Bertz CT molecular complexity index is 787. The average molecular weight is 370 g/mol. The molecule has 3 rings (SSSR count). The van der Waals surface area contributed by atoms with Gasteiger partial charge in [-0.2, -0.15) is 0 Å². The van der Waals surface area contributed by atoms with E-state index in [9.17, 15) is 4.57 Å². The molecule has 0 heterocycles. The minimum Gasteiger partial charge on any atom is -0.404 e. The monoisotopic (exact) mass is 370 g/mol. The highest BCUT2D eigenvalue weighted by Gasteiger charge is 2.15. The first-order chi connectivity index (χ1) is 12.3. The number of benzene rings is 3. The molecule has 0 bridgehead atoms. The van der Waals surface area contributed by atoms with Crippen molar-refractivity contribution >= 4 is 7.82 Å². The average Bonchev–Trinajstić information content (AvgIpc) is 2.63. The van der Waals surface area contributed by atoms with Crippen molar-refractivity contribution in [2.75, 3.05) is 0 Å². The molecule has 0 radical (unpaired) electrons. The minimum atomic E-state index is -4.43. The van der Waals surface area contributed by atoms with Gasteiger partial charge in [-0.15, -0.1) is 0 Å². The first-order valence-corrected chi connectivity index (χ1v) is 9.84. The van der Waals surface area contributed by atoms with Gasteiger partial charge in [0, 0.05) is 0 Å². The second kappa shape index (κ2) is 9.35. The third kappa shape index (κ3) is 6.85. The summed E-state index contributed by atoms with van der Waals surface area (Å²) in [5.74, 6) is 0.571. The van der Waals surface area contributed by atoms with Gasteiger partial charge in [0.2, 0.25) is 0 Å². The second-order valence-corrected chi connectivity index (χ2v) is 7.20. The Morgan fingerprint density at radius 3 is 1.50 bits per heavy atom. The van der Waals surface area contributed by atoms with Crippen LogP contribution in [0.4, 0.5) is 0 Å². The van der Waals surface area contributed by atoms with E-state index >= 15 is 0 Å². The molecule has 0 fully saturated rings.